The van der Waals surface area contributed by atoms with E-state index in [0.29, 0.717) is 11.1 Å². The number of carbonyl (C=O) groups excluding carboxylic acids is 3. The van der Waals surface area contributed by atoms with Gasteiger partial charge >= 0.3 is 5.97 Å². The number of rotatable bonds is 3. The minimum Gasteiger partial charge on any atom is -0.463 e. The summed E-state index contributed by atoms with van der Waals surface area (Å²) >= 11 is 0. The maximum Gasteiger partial charge on any atom is 0.311 e. The van der Waals surface area contributed by atoms with Crippen molar-refractivity contribution < 1.29 is 19.1 Å². The zero-order valence-corrected chi connectivity index (χ0v) is 11.7. The van der Waals surface area contributed by atoms with Gasteiger partial charge in [0.15, 0.2) is 0 Å². The Balaban J connectivity index is 1.98. The largest absolute Gasteiger partial charge is 0.463 e. The summed E-state index contributed by atoms with van der Waals surface area (Å²) in [5.41, 5.74) is 0.127. The molecule has 1 aliphatic rings. The predicted octanol–water partition coefficient (Wildman–Crippen LogP) is 2.03. The molecule has 5 nitrogen and oxygen atoms in total. The maximum absolute atomic E-state index is 12.0. The lowest BCUT2D eigenvalue weighted by atomic mass is 9.97. The standard InChI is InChI=1S/C15H16NO4/c1-15(2,3)14(19)20-9-8-16-12(17)10-6-4-5-7-11(10)13(16)18/h4-8H,9H2,1-3H3. The van der Waals surface area contributed by atoms with Crippen molar-refractivity contribution in [2.75, 3.05) is 6.61 Å². The minimum absolute atomic E-state index is 0.110. The van der Waals surface area contributed by atoms with Gasteiger partial charge in [-0.05, 0) is 32.9 Å². The van der Waals surface area contributed by atoms with Crippen molar-refractivity contribution in [1.29, 1.82) is 0 Å². The Morgan fingerprint density at radius 1 is 1.15 bits per heavy atom. The Labute approximate surface area is 117 Å². The summed E-state index contributed by atoms with van der Waals surface area (Å²) in [6.07, 6.45) is 0. The fourth-order valence-corrected chi connectivity index (χ4v) is 1.78. The number of nitrogens with zero attached hydrogens (tertiary/aromatic N) is 1. The molecule has 0 aromatic heterocycles. The highest BCUT2D eigenvalue weighted by Crippen LogP contribution is 2.23. The molecule has 0 bridgehead atoms. The fourth-order valence-electron chi connectivity index (χ4n) is 1.78. The van der Waals surface area contributed by atoms with Crippen LogP contribution in [0.5, 0.6) is 0 Å². The van der Waals surface area contributed by atoms with Gasteiger partial charge < -0.3 is 4.74 Å². The molecule has 0 N–H and O–H groups in total. The molecule has 1 aromatic carbocycles. The van der Waals surface area contributed by atoms with E-state index in [0.717, 1.165) is 4.90 Å². The van der Waals surface area contributed by atoms with Crippen LogP contribution in [-0.4, -0.2) is 29.3 Å². The lowest BCUT2D eigenvalue weighted by Crippen LogP contribution is -2.31. The van der Waals surface area contributed by atoms with E-state index in [9.17, 15) is 14.4 Å². The van der Waals surface area contributed by atoms with Gasteiger partial charge in [0.25, 0.3) is 11.8 Å². The Bertz CT molecular complexity index is 536. The van der Waals surface area contributed by atoms with E-state index in [1.807, 2.05) is 0 Å². The molecular weight excluding hydrogens is 258 g/mol. The third-order valence-electron chi connectivity index (χ3n) is 2.91. The van der Waals surface area contributed by atoms with Crippen molar-refractivity contribution in [1.82, 2.24) is 4.90 Å². The quantitative estimate of drug-likeness (QED) is 0.625. The molecule has 2 amide bonds. The van der Waals surface area contributed by atoms with Crippen LogP contribution in [0.15, 0.2) is 24.3 Å². The van der Waals surface area contributed by atoms with E-state index in [-0.39, 0.29) is 12.6 Å². The van der Waals surface area contributed by atoms with E-state index in [1.54, 1.807) is 45.0 Å². The van der Waals surface area contributed by atoms with Crippen LogP contribution in [0.1, 0.15) is 41.5 Å². The minimum atomic E-state index is -0.615. The second kappa shape index (κ2) is 5.07. The highest BCUT2D eigenvalue weighted by molar-refractivity contribution is 6.21. The molecule has 1 radical (unpaired) electrons. The van der Waals surface area contributed by atoms with Gasteiger partial charge in [0.2, 0.25) is 0 Å². The van der Waals surface area contributed by atoms with Crippen LogP contribution in [0, 0.1) is 12.0 Å². The van der Waals surface area contributed by atoms with Crippen LogP contribution in [0.3, 0.4) is 0 Å². The van der Waals surface area contributed by atoms with Crippen molar-refractivity contribution in [3.05, 3.63) is 41.9 Å². The van der Waals surface area contributed by atoms with Crippen molar-refractivity contribution in [3.8, 4) is 0 Å². The van der Waals surface area contributed by atoms with E-state index in [2.05, 4.69) is 0 Å². The number of benzene rings is 1. The van der Waals surface area contributed by atoms with Crippen LogP contribution >= 0.6 is 0 Å². The zero-order valence-electron chi connectivity index (χ0n) is 11.7. The molecule has 5 heteroatoms. The van der Waals surface area contributed by atoms with Crippen molar-refractivity contribution >= 4 is 17.8 Å². The summed E-state index contributed by atoms with van der Waals surface area (Å²) in [5, 5.41) is 0. The Kier molecular flexibility index (Phi) is 3.61. The lowest BCUT2D eigenvalue weighted by Gasteiger charge is -2.18. The topological polar surface area (TPSA) is 63.7 Å². The first kappa shape index (κ1) is 14.2. The third kappa shape index (κ3) is 2.57. The number of hydrogen-bond donors (Lipinski definition) is 0. The van der Waals surface area contributed by atoms with E-state index >= 15 is 0 Å². The number of fused-ring (bicyclic) bond motifs is 1. The highest BCUT2D eigenvalue weighted by Gasteiger charge is 2.35. The number of ether oxygens (including phenoxy) is 1. The summed E-state index contributed by atoms with van der Waals surface area (Å²) in [7, 11) is 0. The van der Waals surface area contributed by atoms with Gasteiger partial charge in [-0.25, -0.2) is 0 Å². The van der Waals surface area contributed by atoms with Crippen LogP contribution in [-0.2, 0) is 9.53 Å². The van der Waals surface area contributed by atoms with Crippen molar-refractivity contribution in [2.24, 2.45) is 5.41 Å². The van der Waals surface area contributed by atoms with Gasteiger partial charge in [-0.1, -0.05) is 12.1 Å². The Morgan fingerprint density at radius 2 is 1.65 bits per heavy atom. The molecule has 1 aliphatic heterocycles. The zero-order chi connectivity index (χ0) is 14.9. The van der Waals surface area contributed by atoms with E-state index in [1.165, 1.54) is 6.54 Å². The molecule has 20 heavy (non-hydrogen) atoms. The van der Waals surface area contributed by atoms with E-state index < -0.39 is 17.2 Å². The Morgan fingerprint density at radius 3 is 2.10 bits per heavy atom. The van der Waals surface area contributed by atoms with Gasteiger partial charge in [-0.3, -0.25) is 19.3 Å². The smallest absolute Gasteiger partial charge is 0.311 e. The number of esters is 1. The number of amides is 2. The first-order valence-corrected chi connectivity index (χ1v) is 6.30. The third-order valence-corrected chi connectivity index (χ3v) is 2.91. The van der Waals surface area contributed by atoms with Crippen LogP contribution < -0.4 is 0 Å². The molecule has 105 valence electrons. The average Bonchev–Trinajstić information content (AvgIpc) is 2.63. The SMILES string of the molecule is CC(C)(C)C(=O)OC[CH]N1C(=O)c2ccccc2C1=O. The van der Waals surface area contributed by atoms with Gasteiger partial charge in [0.05, 0.1) is 23.1 Å². The van der Waals surface area contributed by atoms with Crippen molar-refractivity contribution in [3.63, 3.8) is 0 Å². The second-order valence-corrected chi connectivity index (χ2v) is 5.56. The molecular formula is C15H16NO4. The second-order valence-electron chi connectivity index (χ2n) is 5.56. The van der Waals surface area contributed by atoms with Crippen molar-refractivity contribution in [2.45, 2.75) is 20.8 Å². The fraction of sp³-hybridized carbons (Fsp3) is 0.333. The van der Waals surface area contributed by atoms with Gasteiger partial charge in [0.1, 0.15) is 6.61 Å². The number of hydrogen-bond acceptors (Lipinski definition) is 4. The molecule has 0 saturated heterocycles. The molecule has 0 fully saturated rings. The predicted molar refractivity (Wildman–Crippen MR) is 71.7 cm³/mol. The number of imide groups is 1. The molecule has 0 saturated carbocycles. The van der Waals surface area contributed by atoms with Crippen LogP contribution in [0.25, 0.3) is 0 Å². The normalized spacial score (nSPS) is 14.4. The summed E-state index contributed by atoms with van der Waals surface area (Å²) in [5.74, 6) is -1.17. The number of carbonyl (C=O) groups is 3. The van der Waals surface area contributed by atoms with Gasteiger partial charge in [0, 0.05) is 0 Å². The molecule has 0 unspecified atom stereocenters. The molecule has 1 heterocycles. The molecule has 2 rings (SSSR count). The van der Waals surface area contributed by atoms with Crippen LogP contribution in [0.4, 0.5) is 0 Å². The molecule has 0 aliphatic carbocycles. The van der Waals surface area contributed by atoms with E-state index in [4.69, 9.17) is 4.74 Å². The monoisotopic (exact) mass is 274 g/mol. The lowest BCUT2D eigenvalue weighted by molar-refractivity contribution is -0.152. The van der Waals surface area contributed by atoms with Crippen LogP contribution in [0.2, 0.25) is 0 Å². The van der Waals surface area contributed by atoms with Gasteiger partial charge in [-0.15, -0.1) is 0 Å². The molecule has 0 atom stereocenters. The summed E-state index contributed by atoms with van der Waals surface area (Å²) in [4.78, 5) is 36.6. The average molecular weight is 274 g/mol. The highest BCUT2D eigenvalue weighted by atomic mass is 16.5. The Hall–Kier alpha value is -2.17. The first-order valence-electron chi connectivity index (χ1n) is 6.30. The summed E-state index contributed by atoms with van der Waals surface area (Å²) in [6.45, 7) is 6.39. The summed E-state index contributed by atoms with van der Waals surface area (Å²) in [6, 6.07) is 6.61. The molecule has 0 spiro atoms. The maximum atomic E-state index is 12.0. The first-order chi connectivity index (χ1) is 9.32. The van der Waals surface area contributed by atoms with Gasteiger partial charge in [-0.2, -0.15) is 0 Å². The molecule has 1 aromatic rings. The summed E-state index contributed by atoms with van der Waals surface area (Å²) < 4.78 is 5.02.